The van der Waals surface area contributed by atoms with Crippen LogP contribution in [0.5, 0.6) is 0 Å². The molecule has 1 aromatic carbocycles. The van der Waals surface area contributed by atoms with E-state index >= 15 is 0 Å². The largest absolute Gasteiger partial charge is 0.374 e. The second-order valence-corrected chi connectivity index (χ2v) is 5.19. The molecule has 0 aromatic heterocycles. The number of likely N-dealkylation sites (N-methyl/N-ethyl adjacent to an activating group) is 1. The molecule has 0 saturated heterocycles. The lowest BCUT2D eigenvalue weighted by Gasteiger charge is -2.17. The van der Waals surface area contributed by atoms with Gasteiger partial charge in [-0.05, 0) is 34.8 Å². The molecule has 3 nitrogen and oxygen atoms in total. The van der Waals surface area contributed by atoms with E-state index in [1.54, 1.807) is 11.9 Å². The first-order valence-electron chi connectivity index (χ1n) is 5.63. The number of hydrogen-bond donors (Lipinski definition) is 1. The molecule has 0 atom stereocenters. The van der Waals surface area contributed by atoms with Gasteiger partial charge in [-0.2, -0.15) is 0 Å². The second-order valence-electron chi connectivity index (χ2n) is 4.34. The smallest absolute Gasteiger partial charge is 0.241 e. The van der Waals surface area contributed by atoms with Crippen LogP contribution in [0.4, 0.5) is 14.5 Å². The molecule has 0 radical (unpaired) electrons. The van der Waals surface area contributed by atoms with Gasteiger partial charge in [-0.15, -0.1) is 0 Å². The van der Waals surface area contributed by atoms with E-state index in [9.17, 15) is 13.6 Å². The van der Waals surface area contributed by atoms with Crippen molar-refractivity contribution in [1.82, 2.24) is 4.90 Å². The van der Waals surface area contributed by atoms with Crippen molar-refractivity contribution in [1.29, 1.82) is 0 Å². The molecule has 2 rings (SSSR count). The Morgan fingerprint density at radius 1 is 1.44 bits per heavy atom. The van der Waals surface area contributed by atoms with Crippen molar-refractivity contribution < 1.29 is 13.6 Å². The quantitative estimate of drug-likeness (QED) is 0.866. The summed E-state index contributed by atoms with van der Waals surface area (Å²) >= 11 is 2.89. The fourth-order valence-corrected chi connectivity index (χ4v) is 1.93. The molecule has 1 aliphatic carbocycles. The van der Waals surface area contributed by atoms with E-state index in [2.05, 4.69) is 21.2 Å². The van der Waals surface area contributed by atoms with Gasteiger partial charge >= 0.3 is 0 Å². The van der Waals surface area contributed by atoms with Gasteiger partial charge in [0.15, 0.2) is 0 Å². The number of nitrogens with zero attached hydrogens (tertiary/aromatic N) is 1. The van der Waals surface area contributed by atoms with Crippen LogP contribution in [-0.4, -0.2) is 30.4 Å². The summed E-state index contributed by atoms with van der Waals surface area (Å²) in [5, 5.41) is 2.62. The SMILES string of the molecule is CN(C(=O)CNc1cc(F)c(Br)cc1F)C1CC1. The first-order valence-corrected chi connectivity index (χ1v) is 6.42. The molecule has 6 heteroatoms. The summed E-state index contributed by atoms with van der Waals surface area (Å²) < 4.78 is 26.8. The zero-order chi connectivity index (χ0) is 13.3. The van der Waals surface area contributed by atoms with Crippen molar-refractivity contribution in [2.45, 2.75) is 18.9 Å². The minimum atomic E-state index is -0.592. The van der Waals surface area contributed by atoms with Gasteiger partial charge in [0.2, 0.25) is 5.91 Å². The van der Waals surface area contributed by atoms with Crippen LogP contribution >= 0.6 is 15.9 Å². The van der Waals surface area contributed by atoms with Crippen LogP contribution in [0, 0.1) is 11.6 Å². The van der Waals surface area contributed by atoms with Gasteiger partial charge in [0.25, 0.3) is 0 Å². The number of amides is 1. The standard InChI is InChI=1S/C12H13BrF2N2O/c1-17(7-2-3-7)12(18)6-16-11-5-9(14)8(13)4-10(11)15/h4-5,7,16H,2-3,6H2,1H3. The van der Waals surface area contributed by atoms with Gasteiger partial charge in [-0.1, -0.05) is 0 Å². The van der Waals surface area contributed by atoms with Crippen LogP contribution in [0.15, 0.2) is 16.6 Å². The lowest BCUT2D eigenvalue weighted by Crippen LogP contribution is -2.33. The molecule has 1 N–H and O–H groups in total. The van der Waals surface area contributed by atoms with Gasteiger partial charge in [0.05, 0.1) is 16.7 Å². The Hall–Kier alpha value is -1.17. The summed E-state index contributed by atoms with van der Waals surface area (Å²) in [7, 11) is 1.72. The molecular weight excluding hydrogens is 306 g/mol. The Morgan fingerprint density at radius 2 is 2.11 bits per heavy atom. The molecule has 0 aliphatic heterocycles. The van der Waals surface area contributed by atoms with Crippen molar-refractivity contribution in [3.05, 3.63) is 28.2 Å². The molecule has 0 unspecified atom stereocenters. The average Bonchev–Trinajstić information content (AvgIpc) is 3.14. The maximum Gasteiger partial charge on any atom is 0.241 e. The summed E-state index contributed by atoms with van der Waals surface area (Å²) in [5.74, 6) is -1.28. The number of carbonyl (C=O) groups is 1. The molecule has 18 heavy (non-hydrogen) atoms. The Kier molecular flexibility index (Phi) is 3.85. The lowest BCUT2D eigenvalue weighted by atomic mass is 10.3. The predicted molar refractivity (Wildman–Crippen MR) is 68.3 cm³/mol. The van der Waals surface area contributed by atoms with Gasteiger partial charge < -0.3 is 10.2 Å². The Labute approximate surface area is 112 Å². The summed E-state index contributed by atoms with van der Waals surface area (Å²) in [6, 6.07) is 2.38. The van der Waals surface area contributed by atoms with Crippen molar-refractivity contribution >= 4 is 27.5 Å². The zero-order valence-corrected chi connectivity index (χ0v) is 11.4. The highest BCUT2D eigenvalue weighted by molar-refractivity contribution is 9.10. The second kappa shape index (κ2) is 5.22. The monoisotopic (exact) mass is 318 g/mol. The number of nitrogens with one attached hydrogen (secondary N) is 1. The Balaban J connectivity index is 1.97. The van der Waals surface area contributed by atoms with Crippen LogP contribution < -0.4 is 5.32 Å². The third-order valence-corrected chi connectivity index (χ3v) is 3.54. The van der Waals surface area contributed by atoms with Gasteiger partial charge in [0, 0.05) is 19.2 Å². The van der Waals surface area contributed by atoms with E-state index in [1.165, 1.54) is 0 Å². The topological polar surface area (TPSA) is 32.3 Å². The van der Waals surface area contributed by atoms with E-state index in [4.69, 9.17) is 0 Å². The minimum absolute atomic E-state index is 0.00625. The molecule has 1 amide bonds. The fraction of sp³-hybridized carbons (Fsp3) is 0.417. The van der Waals surface area contributed by atoms with Gasteiger partial charge in [-0.3, -0.25) is 4.79 Å². The van der Waals surface area contributed by atoms with Crippen LogP contribution in [0.25, 0.3) is 0 Å². The number of halogens is 3. The summed E-state index contributed by atoms with van der Waals surface area (Å²) in [6.07, 6.45) is 2.03. The van der Waals surface area contributed by atoms with Crippen LogP contribution in [-0.2, 0) is 4.79 Å². The van der Waals surface area contributed by atoms with Gasteiger partial charge in [0.1, 0.15) is 11.6 Å². The summed E-state index contributed by atoms with van der Waals surface area (Å²) in [6.45, 7) is -0.0367. The molecule has 0 spiro atoms. The molecule has 0 heterocycles. The summed E-state index contributed by atoms with van der Waals surface area (Å²) in [5.41, 5.74) is -0.00625. The first-order chi connectivity index (χ1) is 8.49. The van der Waals surface area contributed by atoms with Crippen molar-refractivity contribution in [2.75, 3.05) is 18.9 Å². The van der Waals surface area contributed by atoms with E-state index < -0.39 is 11.6 Å². The number of benzene rings is 1. The highest BCUT2D eigenvalue weighted by Gasteiger charge is 2.29. The lowest BCUT2D eigenvalue weighted by molar-refractivity contribution is -0.128. The number of hydrogen-bond acceptors (Lipinski definition) is 2. The predicted octanol–water partition coefficient (Wildman–Crippen LogP) is 2.76. The maximum atomic E-state index is 13.5. The Morgan fingerprint density at radius 3 is 2.72 bits per heavy atom. The normalized spacial score (nSPS) is 14.4. The number of rotatable bonds is 4. The third kappa shape index (κ3) is 2.98. The molecular formula is C12H13BrF2N2O. The average molecular weight is 319 g/mol. The van der Waals surface area contributed by atoms with E-state index in [0.717, 1.165) is 25.0 Å². The molecule has 1 saturated carbocycles. The van der Waals surface area contributed by atoms with Crippen LogP contribution in [0.2, 0.25) is 0 Å². The molecule has 1 aliphatic rings. The first kappa shape index (κ1) is 13.3. The van der Waals surface area contributed by atoms with E-state index in [-0.39, 0.29) is 22.6 Å². The van der Waals surface area contributed by atoms with E-state index in [1.807, 2.05) is 0 Å². The Bertz CT molecular complexity index is 477. The highest BCUT2D eigenvalue weighted by atomic mass is 79.9. The highest BCUT2D eigenvalue weighted by Crippen LogP contribution is 2.26. The third-order valence-electron chi connectivity index (χ3n) is 2.93. The molecule has 98 valence electrons. The molecule has 0 bridgehead atoms. The molecule has 1 fully saturated rings. The van der Waals surface area contributed by atoms with Crippen molar-refractivity contribution in [3.8, 4) is 0 Å². The van der Waals surface area contributed by atoms with Crippen molar-refractivity contribution in [3.63, 3.8) is 0 Å². The van der Waals surface area contributed by atoms with Gasteiger partial charge in [-0.25, -0.2) is 8.78 Å². The number of anilines is 1. The maximum absolute atomic E-state index is 13.5. The number of carbonyl (C=O) groups excluding carboxylic acids is 1. The molecule has 1 aromatic rings. The van der Waals surface area contributed by atoms with Crippen molar-refractivity contribution in [2.24, 2.45) is 0 Å². The van der Waals surface area contributed by atoms with Crippen LogP contribution in [0.1, 0.15) is 12.8 Å². The minimum Gasteiger partial charge on any atom is -0.374 e. The summed E-state index contributed by atoms with van der Waals surface area (Å²) in [4.78, 5) is 13.3. The fourth-order valence-electron chi connectivity index (χ4n) is 1.62. The van der Waals surface area contributed by atoms with Crippen LogP contribution in [0.3, 0.4) is 0 Å². The zero-order valence-electron chi connectivity index (χ0n) is 9.84. The van der Waals surface area contributed by atoms with E-state index in [0.29, 0.717) is 6.04 Å².